The van der Waals surface area contributed by atoms with E-state index in [0.29, 0.717) is 5.69 Å². The number of pyridine rings is 1. The molecule has 13 heavy (non-hydrogen) atoms. The van der Waals surface area contributed by atoms with E-state index in [2.05, 4.69) is 11.9 Å². The van der Waals surface area contributed by atoms with Gasteiger partial charge in [-0.25, -0.2) is 6.92 Å². The van der Waals surface area contributed by atoms with E-state index in [9.17, 15) is 4.57 Å². The molecule has 0 amide bonds. The molecule has 0 saturated heterocycles. The van der Waals surface area contributed by atoms with Crippen LogP contribution in [0, 0.1) is 13.8 Å². The second-order valence-electron chi connectivity index (χ2n) is 2.54. The zero-order valence-corrected chi connectivity index (χ0v) is 10.9. The van der Waals surface area contributed by atoms with Crippen molar-refractivity contribution < 1.29 is 47.1 Å². The fraction of sp³-hybridized carbons (Fsp3) is 0.143. The predicted octanol–water partition coefficient (Wildman–Crippen LogP) is 0.373. The van der Waals surface area contributed by atoms with Gasteiger partial charge >= 0.3 is 7.60 Å². The minimum Gasteiger partial charge on any atom is -0.320 e. The zero-order chi connectivity index (χ0) is 9.35. The summed E-state index contributed by atoms with van der Waals surface area (Å²) in [6, 6.07) is 3.01. The molecule has 1 rings (SSSR count). The van der Waals surface area contributed by atoms with Gasteiger partial charge in [0.15, 0.2) is 0 Å². The van der Waals surface area contributed by atoms with Gasteiger partial charge < -0.3 is 9.79 Å². The molecule has 1 aromatic rings. The second-order valence-corrected chi connectivity index (χ2v) is 4.08. The Labute approximate surface area is 102 Å². The van der Waals surface area contributed by atoms with E-state index < -0.39 is 7.60 Å². The van der Waals surface area contributed by atoms with Crippen LogP contribution in [0.1, 0.15) is 11.3 Å². The van der Waals surface area contributed by atoms with Gasteiger partial charge in [-0.3, -0.25) is 9.55 Å². The van der Waals surface area contributed by atoms with Crippen LogP contribution in [0.4, 0.5) is 0 Å². The Morgan fingerprint density at radius 2 is 2.00 bits per heavy atom. The maximum atomic E-state index is 10.7. The van der Waals surface area contributed by atoms with E-state index >= 15 is 0 Å². The summed E-state index contributed by atoms with van der Waals surface area (Å²) < 4.78 is 10.7. The SMILES string of the molecule is [CH2-]c1cc(C)cc(P(=O)(O)O)n1.[Y]. The zero-order valence-electron chi connectivity index (χ0n) is 7.14. The molecule has 0 atom stereocenters. The first-order chi connectivity index (χ1) is 5.39. The molecule has 1 radical (unpaired) electrons. The molecular formula is C7H9NO3PY-. The standard InChI is InChI=1S/C7H9NO3P.Y/c1-5-3-6(2)8-7(4-5)12(9,10)11;/h3-4H,2H2,1H3,(H2,9,10,11);/q-1;. The molecular weight excluding hydrogens is 266 g/mol. The first kappa shape index (κ1) is 13.3. The fourth-order valence-corrected chi connectivity index (χ4v) is 1.50. The summed E-state index contributed by atoms with van der Waals surface area (Å²) in [4.78, 5) is 21.1. The summed E-state index contributed by atoms with van der Waals surface area (Å²) in [5.74, 6) is 0. The molecule has 0 fully saturated rings. The van der Waals surface area contributed by atoms with Crippen molar-refractivity contribution in [3.8, 4) is 0 Å². The molecule has 0 aromatic carbocycles. The number of aryl methyl sites for hydroxylation is 1. The predicted molar refractivity (Wildman–Crippen MR) is 45.1 cm³/mol. The molecule has 0 aliphatic heterocycles. The van der Waals surface area contributed by atoms with Crippen molar-refractivity contribution >= 4 is 13.0 Å². The summed E-state index contributed by atoms with van der Waals surface area (Å²) >= 11 is 0. The van der Waals surface area contributed by atoms with Gasteiger partial charge in [-0.2, -0.15) is 6.07 Å². The summed E-state index contributed by atoms with van der Waals surface area (Å²) in [6.07, 6.45) is 0. The second kappa shape index (κ2) is 4.67. The van der Waals surface area contributed by atoms with Gasteiger partial charge in [0.05, 0.1) is 0 Å². The van der Waals surface area contributed by atoms with E-state index in [1.54, 1.807) is 13.0 Å². The van der Waals surface area contributed by atoms with Gasteiger partial charge in [-0.15, -0.1) is 11.3 Å². The van der Waals surface area contributed by atoms with Gasteiger partial charge in [0.25, 0.3) is 0 Å². The molecule has 69 valence electrons. The van der Waals surface area contributed by atoms with Crippen LogP contribution in [0.5, 0.6) is 0 Å². The minimum atomic E-state index is -4.22. The average molecular weight is 275 g/mol. The van der Waals surface area contributed by atoms with E-state index in [1.807, 2.05) is 0 Å². The molecule has 0 spiro atoms. The maximum Gasteiger partial charge on any atom is 0.374 e. The van der Waals surface area contributed by atoms with Gasteiger partial charge in [0.1, 0.15) is 5.44 Å². The van der Waals surface area contributed by atoms with E-state index in [-0.39, 0.29) is 38.1 Å². The van der Waals surface area contributed by atoms with Crippen molar-refractivity contribution in [2.45, 2.75) is 6.92 Å². The van der Waals surface area contributed by atoms with Gasteiger partial charge in [-0.1, -0.05) is 6.92 Å². The van der Waals surface area contributed by atoms with Gasteiger partial charge in [0, 0.05) is 32.7 Å². The minimum absolute atomic E-state index is 0. The van der Waals surface area contributed by atoms with Crippen molar-refractivity contribution in [1.82, 2.24) is 4.98 Å². The fourth-order valence-electron chi connectivity index (χ4n) is 0.869. The number of rotatable bonds is 1. The Morgan fingerprint density at radius 1 is 1.46 bits per heavy atom. The third-order valence-electron chi connectivity index (χ3n) is 1.31. The van der Waals surface area contributed by atoms with Crippen molar-refractivity contribution in [3.63, 3.8) is 0 Å². The molecule has 0 saturated carbocycles. The van der Waals surface area contributed by atoms with Gasteiger partial charge in [-0.05, 0) is 6.07 Å². The number of hydrogen-bond acceptors (Lipinski definition) is 2. The third-order valence-corrected chi connectivity index (χ3v) is 2.13. The molecule has 0 aliphatic carbocycles. The quantitative estimate of drug-likeness (QED) is 0.574. The summed E-state index contributed by atoms with van der Waals surface area (Å²) in [5, 5.41) is 0. The van der Waals surface area contributed by atoms with Crippen molar-refractivity contribution in [3.05, 3.63) is 30.3 Å². The van der Waals surface area contributed by atoms with Crippen molar-refractivity contribution in [2.24, 2.45) is 0 Å². The Morgan fingerprint density at radius 3 is 2.38 bits per heavy atom. The molecule has 0 unspecified atom stereocenters. The summed E-state index contributed by atoms with van der Waals surface area (Å²) in [6.45, 7) is 5.23. The van der Waals surface area contributed by atoms with Crippen molar-refractivity contribution in [1.29, 1.82) is 0 Å². The largest absolute Gasteiger partial charge is 0.374 e. The molecule has 0 bridgehead atoms. The smallest absolute Gasteiger partial charge is 0.320 e. The molecule has 0 aliphatic rings. The average Bonchev–Trinajstić information content (AvgIpc) is 1.82. The van der Waals surface area contributed by atoms with E-state index in [0.717, 1.165) is 5.56 Å². The van der Waals surface area contributed by atoms with Crippen LogP contribution in [0.3, 0.4) is 0 Å². The Balaban J connectivity index is 0.00000144. The van der Waals surface area contributed by atoms with Crippen LogP contribution in [-0.2, 0) is 37.3 Å². The van der Waals surface area contributed by atoms with Crippen LogP contribution in [0.15, 0.2) is 12.1 Å². The van der Waals surface area contributed by atoms with E-state index in [4.69, 9.17) is 9.79 Å². The number of aromatic nitrogens is 1. The molecule has 1 heterocycles. The summed E-state index contributed by atoms with van der Waals surface area (Å²) in [7, 11) is -4.22. The number of nitrogens with zero attached hydrogens (tertiary/aromatic N) is 1. The van der Waals surface area contributed by atoms with Crippen LogP contribution in [0.2, 0.25) is 0 Å². The first-order valence-corrected chi connectivity index (χ1v) is 4.87. The Kier molecular flexibility index (Phi) is 4.77. The number of hydrogen-bond donors (Lipinski definition) is 2. The molecule has 4 nitrogen and oxygen atoms in total. The molecule has 1 aromatic heterocycles. The monoisotopic (exact) mass is 275 g/mol. The van der Waals surface area contributed by atoms with Crippen LogP contribution >= 0.6 is 7.60 Å². The first-order valence-electron chi connectivity index (χ1n) is 3.26. The summed E-state index contributed by atoms with van der Waals surface area (Å²) in [5.41, 5.74) is 0.897. The molecule has 6 heteroatoms. The Hall–Kier alpha value is 0.274. The van der Waals surface area contributed by atoms with Crippen LogP contribution in [0.25, 0.3) is 0 Å². The molecule has 2 N–H and O–H groups in total. The topological polar surface area (TPSA) is 70.4 Å². The van der Waals surface area contributed by atoms with E-state index in [1.165, 1.54) is 6.07 Å². The van der Waals surface area contributed by atoms with Crippen LogP contribution in [-0.4, -0.2) is 14.8 Å². The third kappa shape index (κ3) is 3.88. The van der Waals surface area contributed by atoms with Crippen molar-refractivity contribution in [2.75, 3.05) is 0 Å². The normalized spacial score (nSPS) is 10.7. The van der Waals surface area contributed by atoms with Crippen LogP contribution < -0.4 is 5.44 Å². The Bertz CT molecular complexity index is 329. The maximum absolute atomic E-state index is 10.7. The van der Waals surface area contributed by atoms with Gasteiger partial charge in [0.2, 0.25) is 0 Å².